The van der Waals surface area contributed by atoms with E-state index in [9.17, 15) is 13.2 Å². The van der Waals surface area contributed by atoms with E-state index in [0.717, 1.165) is 17.7 Å². The van der Waals surface area contributed by atoms with Crippen LogP contribution in [0.1, 0.15) is 24.8 Å². The lowest BCUT2D eigenvalue weighted by atomic mass is 9.99. The Morgan fingerprint density at radius 2 is 1.56 bits per heavy atom. The average molecular weight is 479 g/mol. The van der Waals surface area contributed by atoms with E-state index in [0.29, 0.717) is 37.2 Å². The Bertz CT molecular complexity index is 1170. The first-order valence-electron chi connectivity index (χ1n) is 11.7. The van der Waals surface area contributed by atoms with Gasteiger partial charge in [0.25, 0.3) is 0 Å². The van der Waals surface area contributed by atoms with Crippen LogP contribution in [0.2, 0.25) is 0 Å². The summed E-state index contributed by atoms with van der Waals surface area (Å²) in [5.41, 5.74) is 1.79. The average Bonchev–Trinajstić information content (AvgIpc) is 2.86. The second kappa shape index (κ2) is 11.3. The number of piperidine rings is 1. The maximum absolute atomic E-state index is 12.9. The number of benzene rings is 3. The second-order valence-corrected chi connectivity index (χ2v) is 10.6. The Hall–Kier alpha value is -3.16. The van der Waals surface area contributed by atoms with Gasteiger partial charge < -0.3 is 10.1 Å². The number of ether oxygens (including phenoxy) is 1. The maximum atomic E-state index is 12.9. The molecule has 178 valence electrons. The molecule has 3 aromatic carbocycles. The fourth-order valence-electron chi connectivity index (χ4n) is 4.12. The molecule has 1 amide bonds. The van der Waals surface area contributed by atoms with Gasteiger partial charge in [0.15, 0.2) is 0 Å². The molecule has 1 N–H and O–H groups in total. The van der Waals surface area contributed by atoms with Gasteiger partial charge in [0.05, 0.1) is 11.7 Å². The third-order valence-corrected chi connectivity index (χ3v) is 7.88. The SMILES string of the molecule is O=C(Nc1ccc(Oc2ccccc2)cc1)[C@H]1CCCN(S(=O)(=O)CCCc2ccccc2)C1. The van der Waals surface area contributed by atoms with Crippen molar-refractivity contribution in [2.24, 2.45) is 5.92 Å². The van der Waals surface area contributed by atoms with Crippen molar-refractivity contribution in [3.8, 4) is 11.5 Å². The summed E-state index contributed by atoms with van der Waals surface area (Å²) in [5, 5.41) is 2.92. The van der Waals surface area contributed by atoms with Gasteiger partial charge in [-0.05, 0) is 67.6 Å². The van der Waals surface area contributed by atoms with Gasteiger partial charge >= 0.3 is 0 Å². The molecule has 0 bridgehead atoms. The van der Waals surface area contributed by atoms with E-state index >= 15 is 0 Å². The number of carbonyl (C=O) groups excluding carboxylic acids is 1. The summed E-state index contributed by atoms with van der Waals surface area (Å²) in [4.78, 5) is 12.9. The van der Waals surface area contributed by atoms with E-state index in [2.05, 4.69) is 5.32 Å². The summed E-state index contributed by atoms with van der Waals surface area (Å²) in [5.74, 6) is 0.999. The molecule has 1 aliphatic rings. The van der Waals surface area contributed by atoms with E-state index in [-0.39, 0.29) is 24.1 Å². The number of anilines is 1. The Balaban J connectivity index is 1.28. The van der Waals surface area contributed by atoms with Crippen molar-refractivity contribution in [1.29, 1.82) is 0 Å². The number of hydrogen-bond acceptors (Lipinski definition) is 4. The lowest BCUT2D eigenvalue weighted by Crippen LogP contribution is -2.44. The number of sulfonamides is 1. The first-order valence-corrected chi connectivity index (χ1v) is 13.3. The molecule has 1 aliphatic heterocycles. The molecule has 0 saturated carbocycles. The van der Waals surface area contributed by atoms with Crippen LogP contribution in [0.4, 0.5) is 5.69 Å². The second-order valence-electron chi connectivity index (χ2n) is 8.53. The third kappa shape index (κ3) is 6.68. The molecule has 0 unspecified atom stereocenters. The molecule has 1 saturated heterocycles. The van der Waals surface area contributed by atoms with Gasteiger partial charge in [-0.1, -0.05) is 48.5 Å². The fraction of sp³-hybridized carbons (Fsp3) is 0.296. The van der Waals surface area contributed by atoms with Crippen LogP contribution in [0.5, 0.6) is 11.5 Å². The lowest BCUT2D eigenvalue weighted by Gasteiger charge is -2.31. The maximum Gasteiger partial charge on any atom is 0.228 e. The summed E-state index contributed by atoms with van der Waals surface area (Å²) in [6.45, 7) is 0.706. The van der Waals surface area contributed by atoms with Crippen molar-refractivity contribution < 1.29 is 17.9 Å². The highest BCUT2D eigenvalue weighted by Gasteiger charge is 2.32. The molecule has 0 aromatic heterocycles. The standard InChI is InChI=1S/C27H30N2O4S/c30-27(28-24-15-17-26(18-16-24)33-25-13-5-2-6-14-25)23-12-7-19-29(21-23)34(31,32)20-8-11-22-9-3-1-4-10-22/h1-6,9-10,13-18,23H,7-8,11-12,19-21H2,(H,28,30)/t23-/m0/s1. The van der Waals surface area contributed by atoms with E-state index < -0.39 is 10.0 Å². The van der Waals surface area contributed by atoms with Gasteiger partial charge in [0.2, 0.25) is 15.9 Å². The molecule has 0 radical (unpaired) electrons. The Kier molecular flexibility index (Phi) is 7.98. The monoisotopic (exact) mass is 478 g/mol. The van der Waals surface area contributed by atoms with Crippen LogP contribution in [0.3, 0.4) is 0 Å². The highest BCUT2D eigenvalue weighted by Crippen LogP contribution is 2.25. The van der Waals surface area contributed by atoms with Gasteiger partial charge in [-0.25, -0.2) is 12.7 Å². The molecule has 1 atom stereocenters. The number of para-hydroxylation sites is 1. The zero-order chi connectivity index (χ0) is 23.8. The molecule has 3 aromatic rings. The summed E-state index contributed by atoms with van der Waals surface area (Å²) in [7, 11) is -3.39. The van der Waals surface area contributed by atoms with E-state index in [1.807, 2.05) is 60.7 Å². The van der Waals surface area contributed by atoms with Crippen molar-refractivity contribution in [3.63, 3.8) is 0 Å². The summed E-state index contributed by atoms with van der Waals surface area (Å²) < 4.78 is 33.0. The van der Waals surface area contributed by atoms with Crippen molar-refractivity contribution in [1.82, 2.24) is 4.31 Å². The molecule has 0 aliphatic carbocycles. The number of carbonyl (C=O) groups is 1. The summed E-state index contributed by atoms with van der Waals surface area (Å²) in [6, 6.07) is 26.5. The number of amides is 1. The highest BCUT2D eigenvalue weighted by molar-refractivity contribution is 7.89. The lowest BCUT2D eigenvalue weighted by molar-refractivity contribution is -0.120. The van der Waals surface area contributed by atoms with Crippen LogP contribution in [0.15, 0.2) is 84.9 Å². The molecular formula is C27H30N2O4S. The number of hydrogen-bond donors (Lipinski definition) is 1. The van der Waals surface area contributed by atoms with E-state index in [1.54, 1.807) is 24.3 Å². The Morgan fingerprint density at radius 3 is 2.26 bits per heavy atom. The van der Waals surface area contributed by atoms with Crippen molar-refractivity contribution >= 4 is 21.6 Å². The van der Waals surface area contributed by atoms with Gasteiger partial charge in [0.1, 0.15) is 11.5 Å². The van der Waals surface area contributed by atoms with E-state index in [4.69, 9.17) is 4.74 Å². The Labute approximate surface area is 201 Å². The van der Waals surface area contributed by atoms with Crippen molar-refractivity contribution in [3.05, 3.63) is 90.5 Å². The number of aryl methyl sites for hydroxylation is 1. The smallest absolute Gasteiger partial charge is 0.228 e. The van der Waals surface area contributed by atoms with Crippen molar-refractivity contribution in [2.75, 3.05) is 24.2 Å². The van der Waals surface area contributed by atoms with Gasteiger partial charge in [-0.3, -0.25) is 4.79 Å². The van der Waals surface area contributed by atoms with Crippen LogP contribution in [-0.2, 0) is 21.2 Å². The largest absolute Gasteiger partial charge is 0.457 e. The molecule has 7 heteroatoms. The van der Waals surface area contributed by atoms with Crippen LogP contribution >= 0.6 is 0 Å². The summed E-state index contributed by atoms with van der Waals surface area (Å²) >= 11 is 0. The predicted octanol–water partition coefficient (Wildman–Crippen LogP) is 5.09. The minimum atomic E-state index is -3.39. The molecule has 1 heterocycles. The topological polar surface area (TPSA) is 75.7 Å². The third-order valence-electron chi connectivity index (χ3n) is 5.96. The number of nitrogens with zero attached hydrogens (tertiary/aromatic N) is 1. The number of rotatable bonds is 9. The normalized spacial score (nSPS) is 16.6. The minimum Gasteiger partial charge on any atom is -0.457 e. The molecular weight excluding hydrogens is 448 g/mol. The molecule has 4 rings (SSSR count). The van der Waals surface area contributed by atoms with Gasteiger partial charge in [0, 0.05) is 18.8 Å². The first kappa shape index (κ1) is 24.0. The minimum absolute atomic E-state index is 0.0963. The quantitative estimate of drug-likeness (QED) is 0.465. The predicted molar refractivity (Wildman–Crippen MR) is 134 cm³/mol. The highest BCUT2D eigenvalue weighted by atomic mass is 32.2. The van der Waals surface area contributed by atoms with Crippen LogP contribution < -0.4 is 10.1 Å². The Morgan fingerprint density at radius 1 is 0.912 bits per heavy atom. The van der Waals surface area contributed by atoms with Crippen LogP contribution in [0.25, 0.3) is 0 Å². The van der Waals surface area contributed by atoms with Gasteiger partial charge in [-0.2, -0.15) is 0 Å². The van der Waals surface area contributed by atoms with Crippen LogP contribution in [-0.4, -0.2) is 37.5 Å². The van der Waals surface area contributed by atoms with Gasteiger partial charge in [-0.15, -0.1) is 0 Å². The van der Waals surface area contributed by atoms with Crippen molar-refractivity contribution in [2.45, 2.75) is 25.7 Å². The van der Waals surface area contributed by atoms with Crippen LogP contribution in [0, 0.1) is 5.92 Å². The molecule has 1 fully saturated rings. The molecule has 0 spiro atoms. The summed E-state index contributed by atoms with van der Waals surface area (Å²) in [6.07, 6.45) is 2.65. The molecule has 34 heavy (non-hydrogen) atoms. The first-order chi connectivity index (χ1) is 16.5. The zero-order valence-corrected chi connectivity index (χ0v) is 19.9. The number of nitrogens with one attached hydrogen (secondary N) is 1. The zero-order valence-electron chi connectivity index (χ0n) is 19.1. The fourth-order valence-corrected chi connectivity index (χ4v) is 5.70. The molecule has 6 nitrogen and oxygen atoms in total. The van der Waals surface area contributed by atoms with E-state index in [1.165, 1.54) is 4.31 Å².